The van der Waals surface area contributed by atoms with E-state index in [2.05, 4.69) is 10.1 Å². The Bertz CT molecular complexity index is 187. The molecule has 1 amide bonds. The molecule has 0 aromatic carbocycles. The van der Waals surface area contributed by atoms with Gasteiger partial charge in [0.05, 0.1) is 13.5 Å². The van der Waals surface area contributed by atoms with Crippen LogP contribution in [0.15, 0.2) is 0 Å². The Balaban J connectivity index is 2.04. The van der Waals surface area contributed by atoms with Crippen molar-refractivity contribution >= 4 is 11.9 Å². The summed E-state index contributed by atoms with van der Waals surface area (Å²) < 4.78 is 4.40. The van der Waals surface area contributed by atoms with Crippen molar-refractivity contribution in [2.24, 2.45) is 0 Å². The lowest BCUT2D eigenvalue weighted by molar-refractivity contribution is -0.142. The van der Waals surface area contributed by atoms with Gasteiger partial charge in [0.1, 0.15) is 0 Å². The minimum Gasteiger partial charge on any atom is -0.469 e. The molecule has 1 saturated carbocycles. The Morgan fingerprint density at radius 3 is 2.58 bits per heavy atom. The van der Waals surface area contributed by atoms with Gasteiger partial charge < -0.3 is 10.1 Å². The first-order valence-electron chi connectivity index (χ1n) is 4.08. The highest BCUT2D eigenvalue weighted by atomic mass is 16.5. The van der Waals surface area contributed by atoms with Gasteiger partial charge in [-0.3, -0.25) is 9.59 Å². The maximum Gasteiger partial charge on any atom is 0.306 e. The predicted octanol–water partition coefficient (Wildman–Crippen LogP) is 0.218. The van der Waals surface area contributed by atoms with Crippen LogP contribution in [0.25, 0.3) is 0 Å². The van der Waals surface area contributed by atoms with Crippen LogP contribution < -0.4 is 5.32 Å². The van der Waals surface area contributed by atoms with Gasteiger partial charge in [-0.05, 0) is 12.8 Å². The largest absolute Gasteiger partial charge is 0.469 e. The Morgan fingerprint density at radius 1 is 1.42 bits per heavy atom. The monoisotopic (exact) mass is 171 g/mol. The van der Waals surface area contributed by atoms with E-state index in [-0.39, 0.29) is 24.7 Å². The van der Waals surface area contributed by atoms with Crippen molar-refractivity contribution in [2.75, 3.05) is 7.11 Å². The minimum atomic E-state index is -0.332. The molecule has 0 unspecified atom stereocenters. The molecule has 0 aromatic rings. The van der Waals surface area contributed by atoms with Crippen molar-refractivity contribution in [3.05, 3.63) is 0 Å². The molecule has 4 nitrogen and oxygen atoms in total. The van der Waals surface area contributed by atoms with E-state index in [0.717, 1.165) is 12.8 Å². The number of amides is 1. The van der Waals surface area contributed by atoms with E-state index in [1.165, 1.54) is 7.11 Å². The molecule has 0 spiro atoms. The molecule has 0 bridgehead atoms. The van der Waals surface area contributed by atoms with E-state index in [0.29, 0.717) is 6.04 Å². The standard InChI is InChI=1S/C8H13NO3/c1-12-8(11)5-4-7(10)9-6-2-3-6/h6H,2-5H2,1H3,(H,9,10). The molecule has 0 radical (unpaired) electrons. The summed E-state index contributed by atoms with van der Waals surface area (Å²) in [6.45, 7) is 0. The van der Waals surface area contributed by atoms with Gasteiger partial charge in [-0.15, -0.1) is 0 Å². The lowest BCUT2D eigenvalue weighted by atomic mass is 10.3. The van der Waals surface area contributed by atoms with Crippen LogP contribution in [0.3, 0.4) is 0 Å². The van der Waals surface area contributed by atoms with Crippen LogP contribution in [0.4, 0.5) is 0 Å². The van der Waals surface area contributed by atoms with E-state index in [4.69, 9.17) is 0 Å². The van der Waals surface area contributed by atoms with E-state index < -0.39 is 0 Å². The lowest BCUT2D eigenvalue weighted by Gasteiger charge is -2.01. The number of carbonyl (C=O) groups excluding carboxylic acids is 2. The van der Waals surface area contributed by atoms with Gasteiger partial charge in [0.15, 0.2) is 0 Å². The van der Waals surface area contributed by atoms with Crippen LogP contribution in [-0.2, 0) is 14.3 Å². The second-order valence-corrected chi connectivity index (χ2v) is 2.92. The van der Waals surface area contributed by atoms with Gasteiger partial charge >= 0.3 is 5.97 Å². The van der Waals surface area contributed by atoms with E-state index in [9.17, 15) is 9.59 Å². The maximum absolute atomic E-state index is 11.0. The molecular weight excluding hydrogens is 158 g/mol. The molecule has 4 heteroatoms. The zero-order valence-corrected chi connectivity index (χ0v) is 7.13. The van der Waals surface area contributed by atoms with Crippen molar-refractivity contribution < 1.29 is 14.3 Å². The number of hydrogen-bond acceptors (Lipinski definition) is 3. The van der Waals surface area contributed by atoms with Gasteiger partial charge in [-0.1, -0.05) is 0 Å². The summed E-state index contributed by atoms with van der Waals surface area (Å²) >= 11 is 0. The topological polar surface area (TPSA) is 55.4 Å². The Labute approximate surface area is 71.3 Å². The number of hydrogen-bond donors (Lipinski definition) is 1. The highest BCUT2D eigenvalue weighted by Gasteiger charge is 2.23. The normalized spacial score (nSPS) is 15.4. The molecule has 1 fully saturated rings. The SMILES string of the molecule is COC(=O)CCC(=O)NC1CC1. The van der Waals surface area contributed by atoms with Crippen molar-refractivity contribution in [2.45, 2.75) is 31.7 Å². The van der Waals surface area contributed by atoms with Crippen molar-refractivity contribution in [1.29, 1.82) is 0 Å². The average Bonchev–Trinajstić information content (AvgIpc) is 2.84. The van der Waals surface area contributed by atoms with Gasteiger partial charge in [0.2, 0.25) is 5.91 Å². The molecule has 1 N–H and O–H groups in total. The van der Waals surface area contributed by atoms with Crippen LogP contribution in [-0.4, -0.2) is 25.0 Å². The molecule has 68 valence electrons. The Hall–Kier alpha value is -1.06. The third kappa shape index (κ3) is 3.37. The van der Waals surface area contributed by atoms with Crippen LogP contribution >= 0.6 is 0 Å². The average molecular weight is 171 g/mol. The van der Waals surface area contributed by atoms with Gasteiger partial charge in [0, 0.05) is 12.5 Å². The molecule has 0 aromatic heterocycles. The number of esters is 1. The Morgan fingerprint density at radius 2 is 2.08 bits per heavy atom. The molecule has 0 heterocycles. The van der Waals surface area contributed by atoms with Gasteiger partial charge in [-0.2, -0.15) is 0 Å². The highest BCUT2D eigenvalue weighted by molar-refractivity contribution is 5.81. The van der Waals surface area contributed by atoms with Crippen LogP contribution in [0, 0.1) is 0 Å². The summed E-state index contributed by atoms with van der Waals surface area (Å²) in [6, 6.07) is 0.371. The Kier molecular flexibility index (Phi) is 3.08. The first-order chi connectivity index (χ1) is 5.72. The first kappa shape index (κ1) is 9.03. The second-order valence-electron chi connectivity index (χ2n) is 2.92. The summed E-state index contributed by atoms with van der Waals surface area (Å²) in [5.41, 5.74) is 0. The number of methoxy groups -OCH3 is 1. The maximum atomic E-state index is 11.0. The second kappa shape index (κ2) is 4.09. The smallest absolute Gasteiger partial charge is 0.306 e. The van der Waals surface area contributed by atoms with Crippen molar-refractivity contribution in [3.8, 4) is 0 Å². The molecule has 1 aliphatic rings. The number of ether oxygens (including phenoxy) is 1. The lowest BCUT2D eigenvalue weighted by Crippen LogP contribution is -2.25. The molecule has 0 atom stereocenters. The molecule has 12 heavy (non-hydrogen) atoms. The summed E-state index contributed by atoms with van der Waals surface area (Å²) in [7, 11) is 1.32. The van der Waals surface area contributed by atoms with E-state index in [1.54, 1.807) is 0 Å². The van der Waals surface area contributed by atoms with Crippen LogP contribution in [0.1, 0.15) is 25.7 Å². The third-order valence-corrected chi connectivity index (χ3v) is 1.73. The molecule has 1 rings (SSSR count). The first-order valence-corrected chi connectivity index (χ1v) is 4.08. The predicted molar refractivity (Wildman–Crippen MR) is 42.4 cm³/mol. The van der Waals surface area contributed by atoms with E-state index >= 15 is 0 Å². The fraction of sp³-hybridized carbons (Fsp3) is 0.750. The summed E-state index contributed by atoms with van der Waals surface area (Å²) in [6.07, 6.45) is 2.56. The molecule has 0 saturated heterocycles. The fourth-order valence-electron chi connectivity index (χ4n) is 0.845. The fourth-order valence-corrected chi connectivity index (χ4v) is 0.845. The summed E-state index contributed by atoms with van der Waals surface area (Å²) in [5, 5.41) is 2.79. The van der Waals surface area contributed by atoms with Gasteiger partial charge in [-0.25, -0.2) is 0 Å². The van der Waals surface area contributed by atoms with Gasteiger partial charge in [0.25, 0.3) is 0 Å². The summed E-state index contributed by atoms with van der Waals surface area (Å²) in [5.74, 6) is -0.385. The summed E-state index contributed by atoms with van der Waals surface area (Å²) in [4.78, 5) is 21.6. The van der Waals surface area contributed by atoms with Crippen LogP contribution in [0.5, 0.6) is 0 Å². The number of carbonyl (C=O) groups is 2. The minimum absolute atomic E-state index is 0.0529. The van der Waals surface area contributed by atoms with Crippen molar-refractivity contribution in [1.82, 2.24) is 5.32 Å². The van der Waals surface area contributed by atoms with Crippen molar-refractivity contribution in [3.63, 3.8) is 0 Å². The third-order valence-electron chi connectivity index (χ3n) is 1.73. The van der Waals surface area contributed by atoms with E-state index in [1.807, 2.05) is 0 Å². The number of rotatable bonds is 4. The highest BCUT2D eigenvalue weighted by Crippen LogP contribution is 2.18. The molecular formula is C8H13NO3. The molecule has 0 aliphatic heterocycles. The zero-order valence-electron chi connectivity index (χ0n) is 7.13. The zero-order chi connectivity index (χ0) is 8.97. The number of nitrogens with one attached hydrogen (secondary N) is 1. The van der Waals surface area contributed by atoms with Crippen LogP contribution in [0.2, 0.25) is 0 Å². The quantitative estimate of drug-likeness (QED) is 0.615. The molecule has 1 aliphatic carbocycles.